The summed E-state index contributed by atoms with van der Waals surface area (Å²) in [5, 5.41) is 17.2. The zero-order chi connectivity index (χ0) is 14.8. The maximum absolute atomic E-state index is 12.3. The van der Waals surface area contributed by atoms with Crippen LogP contribution in [0.2, 0.25) is 0 Å². The molecule has 0 unspecified atom stereocenters. The predicted molar refractivity (Wildman–Crippen MR) is 68.9 cm³/mol. The number of aliphatic carboxylic acids is 1. The van der Waals surface area contributed by atoms with Crippen molar-refractivity contribution in [3.05, 3.63) is 0 Å². The number of hydrogen-bond donors (Lipinski definition) is 1. The number of rotatable bonds is 6. The fourth-order valence-corrected chi connectivity index (χ4v) is 2.40. The van der Waals surface area contributed by atoms with E-state index >= 15 is 0 Å². The summed E-state index contributed by atoms with van der Waals surface area (Å²) in [5.74, 6) is -1.01. The summed E-state index contributed by atoms with van der Waals surface area (Å²) >= 11 is 0. The second-order valence-electron chi connectivity index (χ2n) is 5.60. The highest BCUT2D eigenvalue weighted by Crippen LogP contribution is 2.31. The number of amides is 2. The molecule has 20 heavy (non-hydrogen) atoms. The molecule has 1 N–H and O–H groups in total. The predicted octanol–water partition coefficient (Wildman–Crippen LogP) is 0.660. The number of likely N-dealkylation sites (tertiary alicyclic amines) is 1. The summed E-state index contributed by atoms with van der Waals surface area (Å²) in [4.78, 5) is 26.2. The molecule has 0 aromatic rings. The van der Waals surface area contributed by atoms with Crippen molar-refractivity contribution >= 4 is 12.0 Å². The molecule has 2 rings (SSSR count). The molecule has 2 amide bonds. The van der Waals surface area contributed by atoms with Gasteiger partial charge in [0, 0.05) is 12.6 Å². The van der Waals surface area contributed by atoms with Crippen LogP contribution in [0.1, 0.15) is 26.2 Å². The molecule has 7 nitrogen and oxygen atoms in total. The van der Waals surface area contributed by atoms with Gasteiger partial charge in [0.15, 0.2) is 0 Å². The summed E-state index contributed by atoms with van der Waals surface area (Å²) in [5.41, 5.74) is -0.571. The molecule has 2 aliphatic rings. The van der Waals surface area contributed by atoms with Gasteiger partial charge in [-0.3, -0.25) is 0 Å². The van der Waals surface area contributed by atoms with Gasteiger partial charge in [-0.2, -0.15) is 5.26 Å². The fourth-order valence-electron chi connectivity index (χ4n) is 2.40. The normalized spacial score (nSPS) is 19.9. The minimum absolute atomic E-state index is 0.0702. The van der Waals surface area contributed by atoms with E-state index in [1.807, 2.05) is 0 Å². The van der Waals surface area contributed by atoms with Crippen LogP contribution in [0, 0.1) is 11.3 Å². The quantitative estimate of drug-likeness (QED) is 0.772. The van der Waals surface area contributed by atoms with Gasteiger partial charge in [-0.1, -0.05) is 0 Å². The van der Waals surface area contributed by atoms with E-state index in [1.165, 1.54) is 0 Å². The Morgan fingerprint density at radius 1 is 1.50 bits per heavy atom. The van der Waals surface area contributed by atoms with Crippen LogP contribution in [0.5, 0.6) is 0 Å². The number of carboxylic acids is 1. The number of carbonyl (C=O) groups is 2. The lowest BCUT2D eigenvalue weighted by molar-refractivity contribution is -0.160. The van der Waals surface area contributed by atoms with Crippen LogP contribution in [-0.4, -0.2) is 64.8 Å². The van der Waals surface area contributed by atoms with Gasteiger partial charge < -0.3 is 19.6 Å². The van der Waals surface area contributed by atoms with Gasteiger partial charge in [-0.25, -0.2) is 9.59 Å². The Hall–Kier alpha value is -1.81. The SMILES string of the molecule is CC1(OCC(=O)O)CN(C(=O)N(CCC#N)C2CC2)C1. The minimum atomic E-state index is -1.01. The maximum atomic E-state index is 12.3. The standard InChI is InChI=1S/C13H19N3O4/c1-13(20-7-11(17)18)8-15(9-13)12(19)16(6-2-5-14)10-3-4-10/h10H,2-4,6-9H2,1H3,(H,17,18). The number of nitrogens with zero attached hydrogens (tertiary/aromatic N) is 3. The highest BCUT2D eigenvalue weighted by Gasteiger charge is 2.46. The maximum Gasteiger partial charge on any atom is 0.329 e. The van der Waals surface area contributed by atoms with Crippen molar-refractivity contribution in [2.45, 2.75) is 37.8 Å². The first-order valence-corrected chi connectivity index (χ1v) is 6.73. The Labute approximate surface area is 117 Å². The van der Waals surface area contributed by atoms with Gasteiger partial charge >= 0.3 is 12.0 Å². The Morgan fingerprint density at radius 2 is 2.15 bits per heavy atom. The smallest absolute Gasteiger partial charge is 0.329 e. The third kappa shape index (κ3) is 3.39. The topological polar surface area (TPSA) is 93.9 Å². The van der Waals surface area contributed by atoms with Crippen molar-refractivity contribution < 1.29 is 19.4 Å². The molecule has 0 spiro atoms. The molecule has 2 fully saturated rings. The average molecular weight is 281 g/mol. The number of carboxylic acid groups (broad SMARTS) is 1. The molecule has 1 saturated carbocycles. The number of ether oxygens (including phenoxy) is 1. The lowest BCUT2D eigenvalue weighted by atomic mass is 9.97. The van der Waals surface area contributed by atoms with E-state index < -0.39 is 11.6 Å². The average Bonchev–Trinajstić information content (AvgIpc) is 3.17. The first-order valence-electron chi connectivity index (χ1n) is 6.73. The summed E-state index contributed by atoms with van der Waals surface area (Å²) in [6, 6.07) is 2.25. The van der Waals surface area contributed by atoms with Crippen molar-refractivity contribution in [1.29, 1.82) is 5.26 Å². The molecular formula is C13H19N3O4. The summed E-state index contributed by atoms with van der Waals surface area (Å²) in [6.45, 7) is 2.71. The number of hydrogen-bond acceptors (Lipinski definition) is 4. The highest BCUT2D eigenvalue weighted by molar-refractivity contribution is 5.76. The van der Waals surface area contributed by atoms with E-state index in [9.17, 15) is 9.59 Å². The molecule has 110 valence electrons. The second kappa shape index (κ2) is 5.67. The van der Waals surface area contributed by atoms with Crippen LogP contribution in [-0.2, 0) is 9.53 Å². The molecular weight excluding hydrogens is 262 g/mol. The molecule has 1 saturated heterocycles. The van der Waals surface area contributed by atoms with Crippen molar-refractivity contribution in [3.63, 3.8) is 0 Å². The van der Waals surface area contributed by atoms with Crippen LogP contribution in [0.4, 0.5) is 4.79 Å². The largest absolute Gasteiger partial charge is 0.480 e. The Balaban J connectivity index is 1.82. The molecule has 1 heterocycles. The highest BCUT2D eigenvalue weighted by atomic mass is 16.5. The molecule has 1 aliphatic heterocycles. The number of carbonyl (C=O) groups excluding carboxylic acids is 1. The van der Waals surface area contributed by atoms with Gasteiger partial charge in [0.1, 0.15) is 12.2 Å². The van der Waals surface area contributed by atoms with E-state index in [0.717, 1.165) is 12.8 Å². The van der Waals surface area contributed by atoms with Gasteiger partial charge in [0.2, 0.25) is 0 Å². The number of urea groups is 1. The van der Waals surface area contributed by atoms with E-state index in [-0.39, 0.29) is 18.7 Å². The summed E-state index contributed by atoms with van der Waals surface area (Å²) < 4.78 is 5.28. The van der Waals surface area contributed by atoms with Crippen LogP contribution < -0.4 is 0 Å². The second-order valence-corrected chi connectivity index (χ2v) is 5.60. The lowest BCUT2D eigenvalue weighted by Gasteiger charge is -2.48. The number of nitriles is 1. The van der Waals surface area contributed by atoms with Crippen molar-refractivity contribution in [3.8, 4) is 6.07 Å². The van der Waals surface area contributed by atoms with Gasteiger partial charge in [-0.05, 0) is 19.8 Å². The molecule has 7 heteroatoms. The van der Waals surface area contributed by atoms with Gasteiger partial charge in [-0.15, -0.1) is 0 Å². The van der Waals surface area contributed by atoms with Crippen molar-refractivity contribution in [1.82, 2.24) is 9.80 Å². The monoisotopic (exact) mass is 281 g/mol. The molecule has 1 aliphatic carbocycles. The zero-order valence-electron chi connectivity index (χ0n) is 11.5. The van der Waals surface area contributed by atoms with Gasteiger partial charge in [0.25, 0.3) is 0 Å². The van der Waals surface area contributed by atoms with Crippen LogP contribution >= 0.6 is 0 Å². The zero-order valence-corrected chi connectivity index (χ0v) is 11.5. The van der Waals surface area contributed by atoms with Gasteiger partial charge in [0.05, 0.1) is 25.6 Å². The molecule has 0 aromatic heterocycles. The molecule has 0 radical (unpaired) electrons. The van der Waals surface area contributed by atoms with E-state index in [4.69, 9.17) is 15.1 Å². The first-order chi connectivity index (χ1) is 9.45. The third-order valence-corrected chi connectivity index (χ3v) is 3.56. The Bertz CT molecular complexity index is 435. The summed E-state index contributed by atoms with van der Waals surface area (Å²) in [7, 11) is 0. The molecule has 0 aromatic carbocycles. The van der Waals surface area contributed by atoms with Crippen molar-refractivity contribution in [2.24, 2.45) is 0 Å². The summed E-state index contributed by atoms with van der Waals surface area (Å²) in [6.07, 6.45) is 2.33. The Kier molecular flexibility index (Phi) is 4.14. The van der Waals surface area contributed by atoms with E-state index in [1.54, 1.807) is 16.7 Å². The molecule has 0 atom stereocenters. The molecule has 0 bridgehead atoms. The Morgan fingerprint density at radius 3 is 2.65 bits per heavy atom. The fraction of sp³-hybridized carbons (Fsp3) is 0.769. The minimum Gasteiger partial charge on any atom is -0.480 e. The van der Waals surface area contributed by atoms with E-state index in [2.05, 4.69) is 6.07 Å². The lowest BCUT2D eigenvalue weighted by Crippen LogP contribution is -2.65. The van der Waals surface area contributed by atoms with Crippen molar-refractivity contribution in [2.75, 3.05) is 26.2 Å². The van der Waals surface area contributed by atoms with Crippen LogP contribution in [0.3, 0.4) is 0 Å². The third-order valence-electron chi connectivity index (χ3n) is 3.56. The van der Waals surface area contributed by atoms with Crippen LogP contribution in [0.25, 0.3) is 0 Å². The first kappa shape index (κ1) is 14.6. The van der Waals surface area contributed by atoms with E-state index in [0.29, 0.717) is 26.1 Å². The van der Waals surface area contributed by atoms with Crippen LogP contribution in [0.15, 0.2) is 0 Å².